The summed E-state index contributed by atoms with van der Waals surface area (Å²) in [6.07, 6.45) is 6.80. The highest BCUT2D eigenvalue weighted by Crippen LogP contribution is 2.37. The van der Waals surface area contributed by atoms with Crippen molar-refractivity contribution < 1.29 is 0 Å². The van der Waals surface area contributed by atoms with E-state index in [9.17, 15) is 0 Å². The van der Waals surface area contributed by atoms with Gasteiger partial charge in [0.1, 0.15) is 11.8 Å². The fourth-order valence-electron chi connectivity index (χ4n) is 3.60. The maximum Gasteiger partial charge on any atom is 0.140 e. The average molecular weight is 291 g/mol. The molecule has 2 aromatic rings. The molecule has 3 aliphatic heterocycles. The van der Waals surface area contributed by atoms with E-state index < -0.39 is 0 Å². The molecule has 5 rings (SSSR count). The van der Waals surface area contributed by atoms with Crippen LogP contribution >= 0.6 is 0 Å². The maximum absolute atomic E-state index is 8.84. The quantitative estimate of drug-likeness (QED) is 0.863. The van der Waals surface area contributed by atoms with Crippen molar-refractivity contribution in [1.82, 2.24) is 14.9 Å². The van der Waals surface area contributed by atoms with Crippen LogP contribution in [0.25, 0.3) is 0 Å². The third-order valence-electron chi connectivity index (χ3n) is 4.58. The van der Waals surface area contributed by atoms with E-state index in [-0.39, 0.29) is 0 Å². The van der Waals surface area contributed by atoms with Gasteiger partial charge in [-0.05, 0) is 36.2 Å². The molecule has 5 heterocycles. The summed E-state index contributed by atoms with van der Waals surface area (Å²) in [6, 6.07) is 11.2. The lowest BCUT2D eigenvalue weighted by Crippen LogP contribution is -2.68. The predicted molar refractivity (Wildman–Crippen MR) is 83.1 cm³/mol. The minimum Gasteiger partial charge on any atom is -0.362 e. The van der Waals surface area contributed by atoms with Gasteiger partial charge in [-0.25, -0.2) is 4.98 Å². The Bertz CT molecular complexity index is 679. The monoisotopic (exact) mass is 291 g/mol. The van der Waals surface area contributed by atoms with Gasteiger partial charge in [-0.15, -0.1) is 0 Å². The van der Waals surface area contributed by atoms with Crippen LogP contribution < -0.4 is 4.90 Å². The zero-order chi connectivity index (χ0) is 14.9. The summed E-state index contributed by atoms with van der Waals surface area (Å²) in [5, 5.41) is 8.84. The van der Waals surface area contributed by atoms with E-state index in [0.29, 0.717) is 17.8 Å². The number of piperidine rings is 1. The summed E-state index contributed by atoms with van der Waals surface area (Å²) >= 11 is 0. The molecule has 0 aliphatic carbocycles. The topological polar surface area (TPSA) is 56.1 Å². The summed E-state index contributed by atoms with van der Waals surface area (Å²) in [6.45, 7) is 3.16. The Labute approximate surface area is 129 Å². The van der Waals surface area contributed by atoms with Crippen LogP contribution in [-0.4, -0.2) is 40.0 Å². The van der Waals surface area contributed by atoms with Gasteiger partial charge in [0.25, 0.3) is 0 Å². The molecule has 2 atom stereocenters. The van der Waals surface area contributed by atoms with Crippen LogP contribution in [0.2, 0.25) is 0 Å². The van der Waals surface area contributed by atoms with Crippen LogP contribution in [-0.2, 0) is 6.54 Å². The number of aromatic nitrogens is 2. The molecule has 2 bridgehead atoms. The molecule has 0 radical (unpaired) electrons. The van der Waals surface area contributed by atoms with Crippen LogP contribution in [0.3, 0.4) is 0 Å². The van der Waals surface area contributed by atoms with Gasteiger partial charge < -0.3 is 4.90 Å². The smallest absolute Gasteiger partial charge is 0.140 e. The zero-order valence-corrected chi connectivity index (χ0v) is 12.3. The first-order valence-electron chi connectivity index (χ1n) is 7.59. The van der Waals surface area contributed by atoms with Gasteiger partial charge in [0, 0.05) is 44.1 Å². The van der Waals surface area contributed by atoms with Crippen LogP contribution in [0.15, 0.2) is 42.9 Å². The van der Waals surface area contributed by atoms with Gasteiger partial charge >= 0.3 is 0 Å². The van der Waals surface area contributed by atoms with Gasteiger partial charge in [-0.3, -0.25) is 9.88 Å². The molecule has 0 amide bonds. The second-order valence-electron chi connectivity index (χ2n) is 6.01. The van der Waals surface area contributed by atoms with Gasteiger partial charge in [0.15, 0.2) is 0 Å². The maximum atomic E-state index is 8.84. The largest absolute Gasteiger partial charge is 0.362 e. The molecule has 0 spiro atoms. The highest BCUT2D eigenvalue weighted by molar-refractivity contribution is 5.52. The Hall–Kier alpha value is -2.45. The number of hydrogen-bond donors (Lipinski definition) is 0. The molecule has 5 nitrogen and oxygen atoms in total. The second-order valence-corrected chi connectivity index (χ2v) is 6.01. The van der Waals surface area contributed by atoms with Crippen molar-refractivity contribution in [3.8, 4) is 6.07 Å². The Morgan fingerprint density at radius 1 is 1.14 bits per heavy atom. The van der Waals surface area contributed by atoms with E-state index in [4.69, 9.17) is 5.26 Å². The summed E-state index contributed by atoms with van der Waals surface area (Å²) in [5.41, 5.74) is 2.94. The summed E-state index contributed by atoms with van der Waals surface area (Å²) in [5.74, 6) is 0. The van der Waals surface area contributed by atoms with E-state index in [1.54, 1.807) is 6.07 Å². The van der Waals surface area contributed by atoms with Crippen molar-refractivity contribution >= 4 is 5.69 Å². The molecule has 3 saturated heterocycles. The number of rotatable bonds is 3. The first-order valence-corrected chi connectivity index (χ1v) is 7.59. The lowest BCUT2D eigenvalue weighted by atomic mass is 9.86. The van der Waals surface area contributed by atoms with Crippen molar-refractivity contribution in [2.75, 3.05) is 18.0 Å². The summed E-state index contributed by atoms with van der Waals surface area (Å²) < 4.78 is 0. The van der Waals surface area contributed by atoms with Crippen molar-refractivity contribution in [2.45, 2.75) is 25.0 Å². The molecule has 2 unspecified atom stereocenters. The molecule has 110 valence electrons. The fourth-order valence-corrected chi connectivity index (χ4v) is 3.60. The summed E-state index contributed by atoms with van der Waals surface area (Å²) in [4.78, 5) is 13.2. The van der Waals surface area contributed by atoms with Crippen LogP contribution in [0.1, 0.15) is 17.7 Å². The number of nitrogens with zero attached hydrogens (tertiary/aromatic N) is 5. The lowest BCUT2D eigenvalue weighted by molar-refractivity contribution is 0.108. The average Bonchev–Trinajstić information content (AvgIpc) is 2.56. The van der Waals surface area contributed by atoms with Gasteiger partial charge in [-0.2, -0.15) is 5.26 Å². The number of hydrogen-bond acceptors (Lipinski definition) is 5. The van der Waals surface area contributed by atoms with E-state index >= 15 is 0 Å². The van der Waals surface area contributed by atoms with Crippen LogP contribution in [0.5, 0.6) is 0 Å². The Morgan fingerprint density at radius 3 is 2.55 bits per heavy atom. The molecular weight excluding hydrogens is 274 g/mol. The van der Waals surface area contributed by atoms with Crippen molar-refractivity contribution in [3.63, 3.8) is 0 Å². The van der Waals surface area contributed by atoms with Crippen molar-refractivity contribution in [1.29, 1.82) is 5.26 Å². The standard InChI is InChI=1S/C17H17N5/c18-8-14-1-2-15(9-20-14)22-16-7-17(22)12-21(11-16)10-13-3-5-19-6-4-13/h1-6,9,16-17H,7,10-12H2. The molecule has 0 aromatic carbocycles. The normalized spacial score (nSPS) is 23.7. The SMILES string of the molecule is N#Cc1ccc(N2C3CC2CN(Cc2ccncc2)C3)cn1. The third kappa shape index (κ3) is 2.32. The third-order valence-corrected chi connectivity index (χ3v) is 4.58. The van der Waals surface area contributed by atoms with Crippen molar-refractivity contribution in [2.24, 2.45) is 0 Å². The van der Waals surface area contributed by atoms with Gasteiger partial charge in [-0.1, -0.05) is 0 Å². The van der Waals surface area contributed by atoms with E-state index in [2.05, 4.69) is 38.0 Å². The first-order chi connectivity index (χ1) is 10.8. The zero-order valence-electron chi connectivity index (χ0n) is 12.3. The Kier molecular flexibility index (Phi) is 3.24. The lowest BCUT2D eigenvalue weighted by Gasteiger charge is -2.57. The molecular formula is C17H17N5. The molecule has 5 heteroatoms. The molecule has 3 aliphatic rings. The van der Waals surface area contributed by atoms with Crippen molar-refractivity contribution in [3.05, 3.63) is 54.1 Å². The first kappa shape index (κ1) is 13.2. The van der Waals surface area contributed by atoms with Gasteiger partial charge in [0.05, 0.1) is 11.9 Å². The van der Waals surface area contributed by atoms with E-state index in [1.807, 2.05) is 24.7 Å². The minimum atomic E-state index is 0.480. The van der Waals surface area contributed by atoms with Crippen LogP contribution in [0.4, 0.5) is 5.69 Å². The number of pyridine rings is 2. The number of piperazine rings is 1. The summed E-state index contributed by atoms with van der Waals surface area (Å²) in [7, 11) is 0. The Balaban J connectivity index is 1.43. The fraction of sp³-hybridized carbons (Fsp3) is 0.353. The Morgan fingerprint density at radius 2 is 1.91 bits per heavy atom. The number of nitriles is 1. The van der Waals surface area contributed by atoms with Crippen LogP contribution in [0, 0.1) is 11.3 Å². The molecule has 22 heavy (non-hydrogen) atoms. The number of anilines is 1. The van der Waals surface area contributed by atoms with E-state index in [1.165, 1.54) is 12.0 Å². The van der Waals surface area contributed by atoms with E-state index in [0.717, 1.165) is 25.3 Å². The molecule has 3 fully saturated rings. The highest BCUT2D eigenvalue weighted by atomic mass is 15.4. The molecule has 0 N–H and O–H groups in total. The minimum absolute atomic E-state index is 0.480. The number of fused-ring (bicyclic) bond motifs is 2. The predicted octanol–water partition coefficient (Wildman–Crippen LogP) is 1.81. The second kappa shape index (κ2) is 5.39. The molecule has 2 aromatic heterocycles. The molecule has 0 saturated carbocycles. The van der Waals surface area contributed by atoms with Gasteiger partial charge in [0.2, 0.25) is 0 Å². The highest BCUT2D eigenvalue weighted by Gasteiger charge is 2.44.